The first-order valence-corrected chi connectivity index (χ1v) is 7.57. The zero-order chi connectivity index (χ0) is 14.8. The molecule has 2 aromatic carbocycles. The SMILES string of the molecule is Cc1cc(C(=O)Cc2cccc(Br)c2)nc2ccccc12. The van der Waals surface area contributed by atoms with Crippen LogP contribution in [0.4, 0.5) is 0 Å². The highest BCUT2D eigenvalue weighted by Crippen LogP contribution is 2.19. The second-order valence-electron chi connectivity index (χ2n) is 5.07. The van der Waals surface area contributed by atoms with Gasteiger partial charge in [-0.1, -0.05) is 46.3 Å². The van der Waals surface area contributed by atoms with Crippen molar-refractivity contribution in [3.8, 4) is 0 Å². The number of fused-ring (bicyclic) bond motifs is 1. The number of halogens is 1. The molecule has 2 nitrogen and oxygen atoms in total. The van der Waals surface area contributed by atoms with Crippen molar-refractivity contribution < 1.29 is 4.79 Å². The molecule has 0 spiro atoms. The summed E-state index contributed by atoms with van der Waals surface area (Å²) in [4.78, 5) is 16.9. The van der Waals surface area contributed by atoms with Crippen LogP contribution in [0.3, 0.4) is 0 Å². The number of aromatic nitrogens is 1. The molecule has 3 heteroatoms. The Morgan fingerprint density at radius 3 is 2.71 bits per heavy atom. The summed E-state index contributed by atoms with van der Waals surface area (Å²) in [5.74, 6) is 0.0435. The average molecular weight is 340 g/mol. The summed E-state index contributed by atoms with van der Waals surface area (Å²) in [6.07, 6.45) is 0.365. The highest BCUT2D eigenvalue weighted by molar-refractivity contribution is 9.10. The van der Waals surface area contributed by atoms with Gasteiger partial charge in [-0.05, 0) is 42.3 Å². The van der Waals surface area contributed by atoms with Crippen molar-refractivity contribution in [3.05, 3.63) is 75.9 Å². The lowest BCUT2D eigenvalue weighted by Crippen LogP contribution is -2.07. The Hall–Kier alpha value is -2.00. The number of aryl methyl sites for hydroxylation is 1. The summed E-state index contributed by atoms with van der Waals surface area (Å²) in [5, 5.41) is 1.09. The maximum Gasteiger partial charge on any atom is 0.185 e. The molecule has 1 aromatic heterocycles. The van der Waals surface area contributed by atoms with Gasteiger partial charge in [-0.15, -0.1) is 0 Å². The van der Waals surface area contributed by atoms with E-state index >= 15 is 0 Å². The van der Waals surface area contributed by atoms with Gasteiger partial charge in [0, 0.05) is 16.3 Å². The van der Waals surface area contributed by atoms with E-state index < -0.39 is 0 Å². The summed E-state index contributed by atoms with van der Waals surface area (Å²) in [6.45, 7) is 2.01. The summed E-state index contributed by atoms with van der Waals surface area (Å²) < 4.78 is 0.982. The molecule has 1 heterocycles. The molecule has 3 rings (SSSR count). The van der Waals surface area contributed by atoms with Crippen molar-refractivity contribution in [1.82, 2.24) is 4.98 Å². The molecule has 0 unspecified atom stereocenters. The van der Waals surface area contributed by atoms with Gasteiger partial charge in [0.05, 0.1) is 5.52 Å². The molecular weight excluding hydrogens is 326 g/mol. The minimum atomic E-state index is 0.0435. The molecular formula is C18H14BrNO. The van der Waals surface area contributed by atoms with Gasteiger partial charge >= 0.3 is 0 Å². The number of Topliss-reactive ketones (excluding diaryl/α,β-unsaturated/α-hetero) is 1. The smallest absolute Gasteiger partial charge is 0.185 e. The van der Waals surface area contributed by atoms with Crippen molar-refractivity contribution in [2.24, 2.45) is 0 Å². The molecule has 0 N–H and O–H groups in total. The Bertz CT molecular complexity index is 826. The van der Waals surface area contributed by atoms with E-state index in [0.29, 0.717) is 12.1 Å². The number of benzene rings is 2. The predicted octanol–water partition coefficient (Wildman–Crippen LogP) is 4.73. The fourth-order valence-electron chi connectivity index (χ4n) is 2.42. The van der Waals surface area contributed by atoms with Crippen LogP contribution in [-0.4, -0.2) is 10.8 Å². The van der Waals surface area contributed by atoms with Crippen LogP contribution in [-0.2, 0) is 6.42 Å². The summed E-state index contributed by atoms with van der Waals surface area (Å²) in [7, 11) is 0. The first kappa shape index (κ1) is 14.0. The maximum absolute atomic E-state index is 12.4. The molecule has 0 aliphatic carbocycles. The Kier molecular flexibility index (Phi) is 3.84. The highest BCUT2D eigenvalue weighted by atomic mass is 79.9. The molecule has 0 aliphatic heterocycles. The van der Waals surface area contributed by atoms with Gasteiger partial charge in [0.1, 0.15) is 5.69 Å². The van der Waals surface area contributed by atoms with Crippen LogP contribution in [0.5, 0.6) is 0 Å². The number of carbonyl (C=O) groups is 1. The second-order valence-corrected chi connectivity index (χ2v) is 5.99. The van der Waals surface area contributed by atoms with Gasteiger partial charge in [0.2, 0.25) is 0 Å². The fourth-order valence-corrected chi connectivity index (χ4v) is 2.86. The first-order valence-electron chi connectivity index (χ1n) is 6.77. The number of carbonyl (C=O) groups excluding carboxylic acids is 1. The first-order chi connectivity index (χ1) is 10.1. The number of para-hydroxylation sites is 1. The largest absolute Gasteiger partial charge is 0.292 e. The third kappa shape index (κ3) is 3.03. The molecule has 0 amide bonds. The summed E-state index contributed by atoms with van der Waals surface area (Å²) in [6, 6.07) is 17.6. The summed E-state index contributed by atoms with van der Waals surface area (Å²) >= 11 is 3.43. The molecule has 0 saturated carbocycles. The Morgan fingerprint density at radius 1 is 1.10 bits per heavy atom. The van der Waals surface area contributed by atoms with Gasteiger partial charge in [-0.25, -0.2) is 4.98 Å². The predicted molar refractivity (Wildman–Crippen MR) is 88.7 cm³/mol. The normalized spacial score (nSPS) is 10.8. The van der Waals surface area contributed by atoms with Crippen molar-refractivity contribution >= 4 is 32.6 Å². The van der Waals surface area contributed by atoms with Crippen LogP contribution < -0.4 is 0 Å². The van der Waals surface area contributed by atoms with Gasteiger partial charge in [-0.3, -0.25) is 4.79 Å². The number of hydrogen-bond donors (Lipinski definition) is 0. The van der Waals surface area contributed by atoms with Crippen LogP contribution in [0.25, 0.3) is 10.9 Å². The Labute approximate surface area is 132 Å². The molecule has 0 fully saturated rings. The molecule has 0 bridgehead atoms. The average Bonchev–Trinajstić information content (AvgIpc) is 2.47. The van der Waals surface area contributed by atoms with Gasteiger partial charge in [0.15, 0.2) is 5.78 Å². The summed E-state index contributed by atoms with van der Waals surface area (Å²) in [5.41, 5.74) is 3.47. The lowest BCUT2D eigenvalue weighted by Gasteiger charge is -2.06. The Balaban J connectivity index is 1.94. The van der Waals surface area contributed by atoms with Crippen LogP contribution in [0.1, 0.15) is 21.6 Å². The van der Waals surface area contributed by atoms with Crippen LogP contribution in [0.2, 0.25) is 0 Å². The van der Waals surface area contributed by atoms with Gasteiger partial charge < -0.3 is 0 Å². The molecule has 21 heavy (non-hydrogen) atoms. The van der Waals surface area contributed by atoms with E-state index in [2.05, 4.69) is 20.9 Å². The molecule has 0 atom stereocenters. The van der Waals surface area contributed by atoms with Crippen molar-refractivity contribution in [2.75, 3.05) is 0 Å². The van der Waals surface area contributed by atoms with Gasteiger partial charge in [0.25, 0.3) is 0 Å². The fraction of sp³-hybridized carbons (Fsp3) is 0.111. The topological polar surface area (TPSA) is 30.0 Å². The van der Waals surface area contributed by atoms with Crippen molar-refractivity contribution in [3.63, 3.8) is 0 Å². The third-order valence-electron chi connectivity index (χ3n) is 3.46. The molecule has 0 radical (unpaired) electrons. The number of hydrogen-bond acceptors (Lipinski definition) is 2. The van der Waals surface area contributed by atoms with E-state index in [1.54, 1.807) is 0 Å². The lowest BCUT2D eigenvalue weighted by molar-refractivity contribution is 0.0988. The zero-order valence-electron chi connectivity index (χ0n) is 11.6. The van der Waals surface area contributed by atoms with E-state index in [1.807, 2.05) is 61.5 Å². The number of rotatable bonds is 3. The van der Waals surface area contributed by atoms with E-state index in [9.17, 15) is 4.79 Å². The highest BCUT2D eigenvalue weighted by Gasteiger charge is 2.11. The quantitative estimate of drug-likeness (QED) is 0.645. The van der Waals surface area contributed by atoms with Crippen molar-refractivity contribution in [2.45, 2.75) is 13.3 Å². The lowest BCUT2D eigenvalue weighted by atomic mass is 10.0. The second kappa shape index (κ2) is 5.78. The molecule has 104 valence electrons. The van der Waals surface area contributed by atoms with E-state index in [0.717, 1.165) is 26.5 Å². The van der Waals surface area contributed by atoms with Crippen LogP contribution in [0.15, 0.2) is 59.1 Å². The number of nitrogens with zero attached hydrogens (tertiary/aromatic N) is 1. The minimum absolute atomic E-state index is 0.0435. The standard InChI is InChI=1S/C18H14BrNO/c1-12-9-17(20-16-8-3-2-7-15(12)16)18(21)11-13-5-4-6-14(19)10-13/h2-10H,11H2,1H3. The van der Waals surface area contributed by atoms with E-state index in [4.69, 9.17) is 0 Å². The van der Waals surface area contributed by atoms with Crippen LogP contribution in [0, 0.1) is 6.92 Å². The molecule has 0 aliphatic rings. The molecule has 0 saturated heterocycles. The molecule has 3 aromatic rings. The minimum Gasteiger partial charge on any atom is -0.292 e. The number of pyridine rings is 1. The van der Waals surface area contributed by atoms with Gasteiger partial charge in [-0.2, -0.15) is 0 Å². The third-order valence-corrected chi connectivity index (χ3v) is 3.96. The van der Waals surface area contributed by atoms with Crippen LogP contribution >= 0.6 is 15.9 Å². The van der Waals surface area contributed by atoms with E-state index in [-0.39, 0.29) is 5.78 Å². The van der Waals surface area contributed by atoms with E-state index in [1.165, 1.54) is 0 Å². The number of ketones is 1. The maximum atomic E-state index is 12.4. The Morgan fingerprint density at radius 2 is 1.90 bits per heavy atom. The monoisotopic (exact) mass is 339 g/mol. The van der Waals surface area contributed by atoms with Crippen molar-refractivity contribution in [1.29, 1.82) is 0 Å². The zero-order valence-corrected chi connectivity index (χ0v) is 13.2.